The van der Waals surface area contributed by atoms with Crippen LogP contribution in [0.25, 0.3) is 11.1 Å². The molecule has 5 heteroatoms. The second-order valence-corrected chi connectivity index (χ2v) is 3.12. The van der Waals surface area contributed by atoms with Crippen molar-refractivity contribution in [3.8, 4) is 0 Å². The number of hydrogen-bond donors (Lipinski definition) is 1. The molecule has 0 aliphatic carbocycles. The third-order valence-electron chi connectivity index (χ3n) is 1.44. The Bertz CT molecular complexity index is 445. The molecule has 0 bridgehead atoms. The Morgan fingerprint density at radius 1 is 1.25 bits per heavy atom. The molecule has 0 fully saturated rings. The van der Waals surface area contributed by atoms with Gasteiger partial charge in [0.2, 0.25) is 10.7 Å². The fraction of sp³-hybridized carbons (Fsp3) is 0. The highest BCUT2D eigenvalue weighted by Gasteiger charge is 2.05. The summed E-state index contributed by atoms with van der Waals surface area (Å²) in [6.07, 6.45) is 0. The molecule has 0 aliphatic rings. The summed E-state index contributed by atoms with van der Waals surface area (Å²) in [7, 11) is -2.72. The zero-order chi connectivity index (χ0) is 8.55. The van der Waals surface area contributed by atoms with Gasteiger partial charge in [-0.2, -0.15) is 4.98 Å². The van der Waals surface area contributed by atoms with E-state index in [0.717, 1.165) is 0 Å². The summed E-state index contributed by atoms with van der Waals surface area (Å²) in [5, 5.41) is -0.230. The second kappa shape index (κ2) is 2.60. The monoisotopic (exact) mass is 183 g/mol. The van der Waals surface area contributed by atoms with Gasteiger partial charge in [0.15, 0.2) is 5.58 Å². The molecule has 0 N–H and O–H groups in total. The number of benzene rings is 1. The normalized spacial score (nSPS) is 11.1. The number of oxazole rings is 1. The van der Waals surface area contributed by atoms with Crippen LogP contribution in [0.2, 0.25) is 0 Å². The van der Waals surface area contributed by atoms with Gasteiger partial charge in [0.05, 0.1) is 0 Å². The van der Waals surface area contributed by atoms with Gasteiger partial charge in [-0.3, -0.25) is 0 Å². The molecule has 2 aromatic rings. The summed E-state index contributed by atoms with van der Waals surface area (Å²) in [6.45, 7) is 0. The minimum absolute atomic E-state index is 0.230. The van der Waals surface area contributed by atoms with Gasteiger partial charge in [-0.25, -0.2) is 8.42 Å². The Morgan fingerprint density at radius 3 is 2.67 bits per heavy atom. The lowest BCUT2D eigenvalue weighted by Gasteiger charge is -1.79. The van der Waals surface area contributed by atoms with Gasteiger partial charge in [0.25, 0.3) is 0 Å². The van der Waals surface area contributed by atoms with Gasteiger partial charge in [-0.05, 0) is 12.1 Å². The molecule has 12 heavy (non-hydrogen) atoms. The predicted octanol–water partition coefficient (Wildman–Crippen LogP) is 0.798. The maximum Gasteiger partial charge on any atom is 0.313 e. The molecule has 62 valence electrons. The minimum atomic E-state index is -2.72. The average molecular weight is 183 g/mol. The molecule has 0 saturated carbocycles. The first-order chi connectivity index (χ1) is 5.77. The van der Waals surface area contributed by atoms with Crippen molar-refractivity contribution in [2.75, 3.05) is 0 Å². The van der Waals surface area contributed by atoms with Crippen LogP contribution < -0.4 is 0 Å². The van der Waals surface area contributed by atoms with E-state index < -0.39 is 10.7 Å². The lowest BCUT2D eigenvalue weighted by molar-refractivity contribution is 0.467. The third-order valence-corrected chi connectivity index (χ3v) is 1.94. The Morgan fingerprint density at radius 2 is 2.00 bits per heavy atom. The summed E-state index contributed by atoms with van der Waals surface area (Å²) in [5.74, 6) is 0. The SMILES string of the molecule is O=[SH](=O)c1nc2ccccc2o1. The topological polar surface area (TPSA) is 60.2 Å². The second-order valence-electron chi connectivity index (χ2n) is 2.22. The maximum absolute atomic E-state index is 10.5. The van der Waals surface area contributed by atoms with E-state index in [4.69, 9.17) is 4.42 Å². The fourth-order valence-corrected chi connectivity index (χ4v) is 1.30. The Balaban J connectivity index is 2.78. The molecule has 0 unspecified atom stereocenters. The van der Waals surface area contributed by atoms with Crippen LogP contribution in [0.15, 0.2) is 33.9 Å². The number of rotatable bonds is 1. The molecule has 1 aromatic carbocycles. The molecule has 0 spiro atoms. The van der Waals surface area contributed by atoms with Gasteiger partial charge >= 0.3 is 5.22 Å². The lowest BCUT2D eigenvalue weighted by atomic mass is 10.3. The van der Waals surface area contributed by atoms with E-state index in [0.29, 0.717) is 11.1 Å². The largest absolute Gasteiger partial charge is 0.428 e. The van der Waals surface area contributed by atoms with Crippen molar-refractivity contribution in [3.05, 3.63) is 24.3 Å². The predicted molar refractivity (Wildman–Crippen MR) is 42.6 cm³/mol. The number of nitrogens with zero attached hydrogens (tertiary/aromatic N) is 1. The van der Waals surface area contributed by atoms with Crippen molar-refractivity contribution < 1.29 is 12.8 Å². The number of thiol groups is 1. The van der Waals surface area contributed by atoms with Crippen LogP contribution in [-0.4, -0.2) is 13.4 Å². The van der Waals surface area contributed by atoms with E-state index in [1.807, 2.05) is 0 Å². The van der Waals surface area contributed by atoms with Crippen LogP contribution >= 0.6 is 0 Å². The summed E-state index contributed by atoms with van der Waals surface area (Å²) < 4.78 is 25.8. The van der Waals surface area contributed by atoms with Crippen molar-refractivity contribution in [1.29, 1.82) is 0 Å². The van der Waals surface area contributed by atoms with E-state index in [1.54, 1.807) is 24.3 Å². The Hall–Kier alpha value is -1.36. The molecular formula is C7H5NO3S. The number of hydrogen-bond acceptors (Lipinski definition) is 4. The summed E-state index contributed by atoms with van der Waals surface area (Å²) in [5.41, 5.74) is 1.05. The van der Waals surface area contributed by atoms with Crippen molar-refractivity contribution in [1.82, 2.24) is 4.98 Å². The van der Waals surface area contributed by atoms with E-state index in [2.05, 4.69) is 4.98 Å². The molecule has 0 aliphatic heterocycles. The summed E-state index contributed by atoms with van der Waals surface area (Å²) >= 11 is 0. The molecule has 1 aromatic heterocycles. The standard InChI is InChI=1S/C7H5NO3S/c9-12(10)7-8-5-3-1-2-4-6(5)11-7/h1-4,12H. The summed E-state index contributed by atoms with van der Waals surface area (Å²) in [6, 6.07) is 6.90. The van der Waals surface area contributed by atoms with E-state index >= 15 is 0 Å². The zero-order valence-corrected chi connectivity index (χ0v) is 6.82. The minimum Gasteiger partial charge on any atom is -0.428 e. The third kappa shape index (κ3) is 1.08. The van der Waals surface area contributed by atoms with Crippen LogP contribution in [0.4, 0.5) is 0 Å². The highest BCUT2D eigenvalue weighted by Crippen LogP contribution is 2.14. The van der Waals surface area contributed by atoms with Crippen LogP contribution in [0, 0.1) is 0 Å². The lowest BCUT2D eigenvalue weighted by Crippen LogP contribution is -1.76. The molecule has 2 rings (SSSR count). The Kier molecular flexibility index (Phi) is 1.58. The number of fused-ring (bicyclic) bond motifs is 1. The van der Waals surface area contributed by atoms with Crippen molar-refractivity contribution in [2.24, 2.45) is 0 Å². The molecule has 1 heterocycles. The van der Waals surface area contributed by atoms with Gasteiger partial charge in [0, 0.05) is 0 Å². The molecule has 0 saturated heterocycles. The molecular weight excluding hydrogens is 178 g/mol. The van der Waals surface area contributed by atoms with Crippen molar-refractivity contribution in [2.45, 2.75) is 5.22 Å². The average Bonchev–Trinajstić information content (AvgIpc) is 2.46. The van der Waals surface area contributed by atoms with E-state index in [-0.39, 0.29) is 5.22 Å². The molecule has 0 amide bonds. The van der Waals surface area contributed by atoms with Gasteiger partial charge in [-0.15, -0.1) is 0 Å². The molecule has 0 atom stereocenters. The van der Waals surface area contributed by atoms with Gasteiger partial charge < -0.3 is 4.42 Å². The molecule has 0 radical (unpaired) electrons. The first-order valence-corrected chi connectivity index (χ1v) is 4.45. The molecule has 4 nitrogen and oxygen atoms in total. The van der Waals surface area contributed by atoms with Crippen molar-refractivity contribution in [3.63, 3.8) is 0 Å². The quantitative estimate of drug-likeness (QED) is 0.664. The van der Waals surface area contributed by atoms with Crippen molar-refractivity contribution >= 4 is 21.8 Å². The van der Waals surface area contributed by atoms with Gasteiger partial charge in [-0.1, -0.05) is 12.1 Å². The number of aromatic nitrogens is 1. The van der Waals surface area contributed by atoms with Crippen LogP contribution in [-0.2, 0) is 10.7 Å². The first kappa shape index (κ1) is 7.30. The van der Waals surface area contributed by atoms with Crippen LogP contribution in [0.1, 0.15) is 0 Å². The number of para-hydroxylation sites is 2. The van der Waals surface area contributed by atoms with Gasteiger partial charge in [0.1, 0.15) is 5.52 Å². The smallest absolute Gasteiger partial charge is 0.313 e. The van der Waals surface area contributed by atoms with E-state index in [1.165, 1.54) is 0 Å². The van der Waals surface area contributed by atoms with Crippen LogP contribution in [0.5, 0.6) is 0 Å². The highest BCUT2D eigenvalue weighted by molar-refractivity contribution is 7.72. The first-order valence-electron chi connectivity index (χ1n) is 3.27. The summed E-state index contributed by atoms with van der Waals surface area (Å²) in [4.78, 5) is 3.75. The highest BCUT2D eigenvalue weighted by atomic mass is 32.2. The zero-order valence-electron chi connectivity index (χ0n) is 5.93. The van der Waals surface area contributed by atoms with E-state index in [9.17, 15) is 8.42 Å². The Labute approximate surface area is 69.8 Å². The fourth-order valence-electron chi connectivity index (χ4n) is 0.938. The maximum atomic E-state index is 10.5. The van der Waals surface area contributed by atoms with Crippen LogP contribution in [0.3, 0.4) is 0 Å².